The first-order valence-corrected chi connectivity index (χ1v) is 9.27. The van der Waals surface area contributed by atoms with Crippen molar-refractivity contribution in [3.63, 3.8) is 0 Å². The zero-order chi connectivity index (χ0) is 19.8. The fourth-order valence-electron chi connectivity index (χ4n) is 3.73. The average Bonchev–Trinajstić information content (AvgIpc) is 3.48. The number of nitrogens with one attached hydrogen (secondary N) is 1. The second kappa shape index (κ2) is 6.77. The molecule has 9 nitrogen and oxygen atoms in total. The molecule has 3 aliphatic rings. The van der Waals surface area contributed by atoms with Gasteiger partial charge >= 0.3 is 0 Å². The number of anilines is 1. The molecule has 29 heavy (non-hydrogen) atoms. The van der Waals surface area contributed by atoms with Crippen molar-refractivity contribution in [3.05, 3.63) is 48.3 Å². The molecule has 3 aliphatic heterocycles. The smallest absolute Gasteiger partial charge is 0.273 e. The van der Waals surface area contributed by atoms with E-state index in [9.17, 15) is 9.59 Å². The lowest BCUT2D eigenvalue weighted by Gasteiger charge is -2.21. The van der Waals surface area contributed by atoms with Crippen LogP contribution in [0.4, 0.5) is 5.69 Å². The Labute approximate surface area is 166 Å². The van der Waals surface area contributed by atoms with Gasteiger partial charge in [-0.15, -0.1) is 0 Å². The number of ether oxygens (including phenoxy) is 2. The van der Waals surface area contributed by atoms with Crippen LogP contribution >= 0.6 is 0 Å². The highest BCUT2D eigenvalue weighted by Gasteiger charge is 2.48. The lowest BCUT2D eigenvalue weighted by Crippen LogP contribution is -2.37. The summed E-state index contributed by atoms with van der Waals surface area (Å²) < 4.78 is 10.6. The highest BCUT2D eigenvalue weighted by molar-refractivity contribution is 6.43. The van der Waals surface area contributed by atoms with Crippen LogP contribution < -0.4 is 14.8 Å². The third-order valence-corrected chi connectivity index (χ3v) is 5.24. The van der Waals surface area contributed by atoms with Gasteiger partial charge < -0.3 is 24.5 Å². The Morgan fingerprint density at radius 3 is 2.93 bits per heavy atom. The standard InChI is InChI=1S/C20H18N4O5/c25-18(22-14-2-1-6-21-10-14)15-9-20(29-23-15)5-7-24(11-20)19(26)13-3-4-16-17(8-13)28-12-27-16/h1-4,6,8,10H,5,7,9,11-12H2,(H,22,25)/t20-/m0/s1. The van der Waals surface area contributed by atoms with E-state index in [1.165, 1.54) is 0 Å². The molecule has 4 heterocycles. The van der Waals surface area contributed by atoms with Crippen molar-refractivity contribution >= 4 is 23.2 Å². The van der Waals surface area contributed by atoms with Gasteiger partial charge in [0.25, 0.3) is 11.8 Å². The summed E-state index contributed by atoms with van der Waals surface area (Å²) in [5, 5.41) is 6.75. The molecule has 1 aromatic carbocycles. The van der Waals surface area contributed by atoms with Gasteiger partial charge in [0.15, 0.2) is 17.1 Å². The van der Waals surface area contributed by atoms with Crippen LogP contribution in [0.5, 0.6) is 11.5 Å². The second-order valence-electron chi connectivity index (χ2n) is 7.23. The van der Waals surface area contributed by atoms with E-state index in [4.69, 9.17) is 14.3 Å². The number of fused-ring (bicyclic) bond motifs is 1. The summed E-state index contributed by atoms with van der Waals surface area (Å²) in [6.45, 7) is 1.06. The topological polar surface area (TPSA) is 102 Å². The molecule has 0 unspecified atom stereocenters. The van der Waals surface area contributed by atoms with Gasteiger partial charge in [-0.3, -0.25) is 14.6 Å². The van der Waals surface area contributed by atoms with Gasteiger partial charge in [-0.1, -0.05) is 5.16 Å². The van der Waals surface area contributed by atoms with Crippen LogP contribution in [-0.4, -0.2) is 52.9 Å². The number of likely N-dealkylation sites (tertiary alicyclic amines) is 1. The lowest BCUT2D eigenvalue weighted by molar-refractivity contribution is -0.110. The fourth-order valence-corrected chi connectivity index (χ4v) is 3.73. The third kappa shape index (κ3) is 3.24. The van der Waals surface area contributed by atoms with Crippen LogP contribution in [-0.2, 0) is 9.63 Å². The number of rotatable bonds is 3. The van der Waals surface area contributed by atoms with E-state index < -0.39 is 5.60 Å². The zero-order valence-corrected chi connectivity index (χ0v) is 15.5. The van der Waals surface area contributed by atoms with Crippen LogP contribution in [0.15, 0.2) is 47.9 Å². The van der Waals surface area contributed by atoms with Gasteiger partial charge in [0.1, 0.15) is 5.71 Å². The van der Waals surface area contributed by atoms with E-state index in [2.05, 4.69) is 15.5 Å². The monoisotopic (exact) mass is 394 g/mol. The number of nitrogens with zero attached hydrogens (tertiary/aromatic N) is 3. The van der Waals surface area contributed by atoms with Crippen molar-refractivity contribution in [2.75, 3.05) is 25.2 Å². The predicted octanol–water partition coefficient (Wildman–Crippen LogP) is 1.81. The van der Waals surface area contributed by atoms with Crippen molar-refractivity contribution in [2.24, 2.45) is 5.16 Å². The summed E-state index contributed by atoms with van der Waals surface area (Å²) in [5.74, 6) is 0.767. The Hall–Kier alpha value is -3.62. The average molecular weight is 394 g/mol. The van der Waals surface area contributed by atoms with E-state index in [0.717, 1.165) is 0 Å². The van der Waals surface area contributed by atoms with Crippen molar-refractivity contribution in [2.45, 2.75) is 18.4 Å². The van der Waals surface area contributed by atoms with E-state index in [-0.39, 0.29) is 18.6 Å². The largest absolute Gasteiger partial charge is 0.454 e. The third-order valence-electron chi connectivity index (χ3n) is 5.24. The molecule has 1 atom stereocenters. The second-order valence-corrected chi connectivity index (χ2v) is 7.23. The maximum Gasteiger partial charge on any atom is 0.273 e. The van der Waals surface area contributed by atoms with E-state index in [0.29, 0.717) is 54.4 Å². The maximum absolute atomic E-state index is 12.9. The highest BCUT2D eigenvalue weighted by atomic mass is 16.7. The Kier molecular flexibility index (Phi) is 4.08. The van der Waals surface area contributed by atoms with Crippen LogP contribution in [0.2, 0.25) is 0 Å². The zero-order valence-electron chi connectivity index (χ0n) is 15.5. The molecule has 1 fully saturated rings. The van der Waals surface area contributed by atoms with Crippen molar-refractivity contribution in [3.8, 4) is 11.5 Å². The molecular weight excluding hydrogens is 376 g/mol. The van der Waals surface area contributed by atoms with Crippen molar-refractivity contribution in [1.82, 2.24) is 9.88 Å². The predicted molar refractivity (Wildman–Crippen MR) is 102 cm³/mol. The van der Waals surface area contributed by atoms with Crippen molar-refractivity contribution < 1.29 is 23.9 Å². The first-order chi connectivity index (χ1) is 14.1. The minimum atomic E-state index is -0.659. The number of carbonyl (C=O) groups excluding carboxylic acids is 2. The van der Waals surface area contributed by atoms with Crippen LogP contribution in [0.25, 0.3) is 0 Å². The number of carbonyl (C=O) groups is 2. The maximum atomic E-state index is 12.9. The number of hydrogen-bond donors (Lipinski definition) is 1. The summed E-state index contributed by atoms with van der Waals surface area (Å²) in [4.78, 5) is 36.7. The number of oxime groups is 1. The number of hydrogen-bond acceptors (Lipinski definition) is 7. The number of aromatic nitrogens is 1. The van der Waals surface area contributed by atoms with Crippen molar-refractivity contribution in [1.29, 1.82) is 0 Å². The summed E-state index contributed by atoms with van der Waals surface area (Å²) in [5.41, 5.74) is 0.770. The molecular formula is C20H18N4O5. The number of pyridine rings is 1. The molecule has 1 saturated heterocycles. The minimum Gasteiger partial charge on any atom is -0.454 e. The van der Waals surface area contributed by atoms with E-state index >= 15 is 0 Å². The Bertz CT molecular complexity index is 1010. The van der Waals surface area contributed by atoms with Gasteiger partial charge in [-0.05, 0) is 30.3 Å². The molecule has 0 saturated carbocycles. The summed E-state index contributed by atoms with van der Waals surface area (Å²) in [7, 11) is 0. The lowest BCUT2D eigenvalue weighted by atomic mass is 9.96. The first kappa shape index (κ1) is 17.5. The normalized spacial score (nSPS) is 21.8. The van der Waals surface area contributed by atoms with Gasteiger partial charge in [0.2, 0.25) is 6.79 Å². The molecule has 2 amide bonds. The minimum absolute atomic E-state index is 0.114. The van der Waals surface area contributed by atoms with Gasteiger partial charge in [-0.25, -0.2) is 0 Å². The molecule has 0 aliphatic carbocycles. The van der Waals surface area contributed by atoms with E-state index in [1.807, 2.05) is 0 Å². The van der Waals surface area contributed by atoms with Gasteiger partial charge in [-0.2, -0.15) is 0 Å². The van der Waals surface area contributed by atoms with Gasteiger partial charge in [0, 0.05) is 31.1 Å². The molecule has 1 aromatic heterocycles. The molecule has 5 rings (SSSR count). The van der Waals surface area contributed by atoms with Crippen LogP contribution in [0.1, 0.15) is 23.2 Å². The van der Waals surface area contributed by atoms with Crippen LogP contribution in [0, 0.1) is 0 Å². The van der Waals surface area contributed by atoms with E-state index in [1.54, 1.807) is 47.6 Å². The fraction of sp³-hybridized carbons (Fsp3) is 0.300. The molecule has 2 aromatic rings. The quantitative estimate of drug-likeness (QED) is 0.852. The number of amides is 2. The Balaban J connectivity index is 1.23. The molecule has 9 heteroatoms. The Morgan fingerprint density at radius 2 is 2.07 bits per heavy atom. The summed E-state index contributed by atoms with van der Waals surface area (Å²) >= 11 is 0. The number of benzene rings is 1. The van der Waals surface area contributed by atoms with Gasteiger partial charge in [0.05, 0.1) is 18.4 Å². The molecule has 1 spiro atoms. The molecule has 0 bridgehead atoms. The SMILES string of the molecule is O=C(Nc1cccnc1)C1=NO[C@@]2(CCN(C(=O)c3ccc4c(c3)OCO4)C2)C1. The summed E-state index contributed by atoms with van der Waals surface area (Å²) in [6, 6.07) is 8.63. The first-order valence-electron chi connectivity index (χ1n) is 9.27. The molecule has 0 radical (unpaired) electrons. The van der Waals surface area contributed by atoms with Crippen LogP contribution in [0.3, 0.4) is 0 Å². The Morgan fingerprint density at radius 1 is 1.17 bits per heavy atom. The summed E-state index contributed by atoms with van der Waals surface area (Å²) in [6.07, 6.45) is 4.15. The molecule has 1 N–H and O–H groups in total. The molecule has 148 valence electrons. The highest BCUT2D eigenvalue weighted by Crippen LogP contribution is 2.36.